The number of benzene rings is 1. The van der Waals surface area contributed by atoms with E-state index < -0.39 is 23.7 Å². The molecule has 23 heavy (non-hydrogen) atoms. The van der Waals surface area contributed by atoms with E-state index in [0.717, 1.165) is 5.56 Å². The SMILES string of the molecule is C=C(C)C(=O)OC1(OC(=O)OC(C)(C)c2ccccc2)COO1. The molecule has 1 saturated heterocycles. The van der Waals surface area contributed by atoms with Gasteiger partial charge in [0, 0.05) is 5.57 Å². The normalized spacial score (nSPS) is 20.1. The molecule has 0 spiro atoms. The summed E-state index contributed by atoms with van der Waals surface area (Å²) in [5, 5.41) is 0. The maximum Gasteiger partial charge on any atom is 0.514 e. The fourth-order valence-electron chi connectivity index (χ4n) is 1.75. The van der Waals surface area contributed by atoms with E-state index in [0.29, 0.717) is 0 Å². The molecular weight excluding hydrogens is 304 g/mol. The molecule has 1 heterocycles. The topological polar surface area (TPSA) is 80.3 Å². The summed E-state index contributed by atoms with van der Waals surface area (Å²) < 4.78 is 15.2. The minimum Gasteiger partial charge on any atom is -0.423 e. The quantitative estimate of drug-likeness (QED) is 0.357. The van der Waals surface area contributed by atoms with E-state index in [2.05, 4.69) is 16.4 Å². The van der Waals surface area contributed by atoms with Crippen LogP contribution >= 0.6 is 0 Å². The van der Waals surface area contributed by atoms with Crippen LogP contribution in [0.3, 0.4) is 0 Å². The van der Waals surface area contributed by atoms with Gasteiger partial charge < -0.3 is 14.2 Å². The molecule has 0 bridgehead atoms. The molecule has 0 radical (unpaired) electrons. The summed E-state index contributed by atoms with van der Waals surface area (Å²) in [5.41, 5.74) is -0.0418. The van der Waals surface area contributed by atoms with Gasteiger partial charge in [-0.25, -0.2) is 14.5 Å². The molecule has 1 atom stereocenters. The zero-order valence-electron chi connectivity index (χ0n) is 13.2. The number of ether oxygens (including phenoxy) is 3. The number of rotatable bonds is 5. The van der Waals surface area contributed by atoms with Crippen LogP contribution in [-0.2, 0) is 34.4 Å². The van der Waals surface area contributed by atoms with E-state index in [1.54, 1.807) is 13.8 Å². The van der Waals surface area contributed by atoms with Crippen molar-refractivity contribution in [1.29, 1.82) is 0 Å². The third-order valence-corrected chi connectivity index (χ3v) is 3.06. The Bertz CT molecular complexity index is 602. The van der Waals surface area contributed by atoms with Crippen LogP contribution in [0.5, 0.6) is 0 Å². The van der Waals surface area contributed by atoms with E-state index in [1.807, 2.05) is 30.3 Å². The van der Waals surface area contributed by atoms with E-state index in [-0.39, 0.29) is 12.2 Å². The van der Waals surface area contributed by atoms with Crippen LogP contribution in [-0.4, -0.2) is 24.7 Å². The van der Waals surface area contributed by atoms with Crippen LogP contribution in [0.15, 0.2) is 42.5 Å². The first-order chi connectivity index (χ1) is 10.7. The Labute approximate surface area is 133 Å². The number of carbonyl (C=O) groups excluding carboxylic acids is 2. The highest BCUT2D eigenvalue weighted by Crippen LogP contribution is 2.30. The van der Waals surface area contributed by atoms with Gasteiger partial charge in [-0.15, -0.1) is 4.89 Å². The maximum atomic E-state index is 12.0. The van der Waals surface area contributed by atoms with Crippen molar-refractivity contribution in [3.05, 3.63) is 48.0 Å². The Hall–Kier alpha value is -2.38. The number of carbonyl (C=O) groups is 2. The zero-order chi connectivity index (χ0) is 17.1. The predicted octanol–water partition coefficient (Wildman–Crippen LogP) is 2.81. The average molecular weight is 322 g/mol. The molecule has 2 rings (SSSR count). The molecule has 0 aliphatic carbocycles. The molecule has 0 saturated carbocycles. The predicted molar refractivity (Wildman–Crippen MR) is 77.7 cm³/mol. The summed E-state index contributed by atoms with van der Waals surface area (Å²) >= 11 is 0. The molecule has 1 unspecified atom stereocenters. The first-order valence-electron chi connectivity index (χ1n) is 6.91. The van der Waals surface area contributed by atoms with E-state index in [4.69, 9.17) is 14.2 Å². The molecule has 0 aromatic heterocycles. The number of hydrogen-bond acceptors (Lipinski definition) is 7. The molecule has 7 nitrogen and oxygen atoms in total. The van der Waals surface area contributed by atoms with E-state index in [9.17, 15) is 9.59 Å². The molecule has 1 aromatic carbocycles. The van der Waals surface area contributed by atoms with E-state index >= 15 is 0 Å². The van der Waals surface area contributed by atoms with Crippen molar-refractivity contribution in [2.24, 2.45) is 0 Å². The third-order valence-electron chi connectivity index (χ3n) is 3.06. The Morgan fingerprint density at radius 2 is 1.83 bits per heavy atom. The van der Waals surface area contributed by atoms with Gasteiger partial charge in [-0.2, -0.15) is 0 Å². The Morgan fingerprint density at radius 3 is 2.30 bits per heavy atom. The van der Waals surface area contributed by atoms with Gasteiger partial charge in [0.2, 0.25) is 0 Å². The van der Waals surface area contributed by atoms with Crippen molar-refractivity contribution in [3.63, 3.8) is 0 Å². The van der Waals surface area contributed by atoms with Crippen molar-refractivity contribution in [3.8, 4) is 0 Å². The summed E-state index contributed by atoms with van der Waals surface area (Å²) in [7, 11) is 0. The zero-order valence-corrected chi connectivity index (χ0v) is 13.2. The molecule has 124 valence electrons. The first kappa shape index (κ1) is 17.0. The number of hydrogen-bond donors (Lipinski definition) is 0. The van der Waals surface area contributed by atoms with Gasteiger partial charge >= 0.3 is 18.1 Å². The second-order valence-corrected chi connectivity index (χ2v) is 5.53. The van der Waals surface area contributed by atoms with Crippen LogP contribution < -0.4 is 0 Å². The summed E-state index contributed by atoms with van der Waals surface area (Å²) in [4.78, 5) is 32.7. The molecule has 1 aliphatic rings. The van der Waals surface area contributed by atoms with Crippen molar-refractivity contribution in [2.45, 2.75) is 32.3 Å². The molecule has 1 aromatic rings. The van der Waals surface area contributed by atoms with Crippen molar-refractivity contribution in [1.82, 2.24) is 0 Å². The highest BCUT2D eigenvalue weighted by molar-refractivity contribution is 5.87. The lowest BCUT2D eigenvalue weighted by molar-refractivity contribution is -0.587. The van der Waals surface area contributed by atoms with Gasteiger partial charge in [-0.3, -0.25) is 0 Å². The lowest BCUT2D eigenvalue weighted by Gasteiger charge is -2.36. The third kappa shape index (κ3) is 4.08. The van der Waals surface area contributed by atoms with Gasteiger partial charge in [0.15, 0.2) is 6.61 Å². The number of esters is 1. The standard InChI is InChI=1S/C16H18O7/c1-11(2)13(17)20-16(10-19-23-16)22-14(18)21-15(3,4)12-8-6-5-7-9-12/h5-9H,1,10H2,2-4H3. The van der Waals surface area contributed by atoms with Gasteiger partial charge in [0.25, 0.3) is 0 Å². The molecule has 7 heteroatoms. The molecule has 0 N–H and O–H groups in total. The minimum atomic E-state index is -1.94. The highest BCUT2D eigenvalue weighted by Gasteiger charge is 2.52. The Balaban J connectivity index is 2.00. The largest absolute Gasteiger partial charge is 0.514 e. The fourth-order valence-corrected chi connectivity index (χ4v) is 1.75. The monoisotopic (exact) mass is 322 g/mol. The van der Waals surface area contributed by atoms with Gasteiger partial charge in [-0.1, -0.05) is 36.9 Å². The van der Waals surface area contributed by atoms with Crippen LogP contribution in [0.2, 0.25) is 0 Å². The van der Waals surface area contributed by atoms with Crippen LogP contribution in [0.25, 0.3) is 0 Å². The van der Waals surface area contributed by atoms with Crippen LogP contribution in [0, 0.1) is 0 Å². The van der Waals surface area contributed by atoms with Gasteiger partial charge in [-0.05, 0) is 26.3 Å². The smallest absolute Gasteiger partial charge is 0.423 e. The lowest BCUT2D eigenvalue weighted by atomic mass is 9.98. The summed E-state index contributed by atoms with van der Waals surface area (Å²) in [6.07, 6.45) is -1.06. The second kappa shape index (κ2) is 6.39. The first-order valence-corrected chi connectivity index (χ1v) is 6.91. The van der Waals surface area contributed by atoms with Gasteiger partial charge in [0.05, 0.1) is 0 Å². The minimum absolute atomic E-state index is 0.126. The van der Waals surface area contributed by atoms with E-state index in [1.165, 1.54) is 6.92 Å². The fraction of sp³-hybridized carbons (Fsp3) is 0.375. The molecule has 1 fully saturated rings. The van der Waals surface area contributed by atoms with Crippen molar-refractivity contribution in [2.75, 3.05) is 6.61 Å². The summed E-state index contributed by atoms with van der Waals surface area (Å²) in [5.74, 6) is -2.72. The Kier molecular flexibility index (Phi) is 4.72. The summed E-state index contributed by atoms with van der Waals surface area (Å²) in [6, 6.07) is 9.12. The molecule has 0 amide bonds. The summed E-state index contributed by atoms with van der Waals surface area (Å²) in [6.45, 7) is 8.03. The average Bonchev–Trinajstić information content (AvgIpc) is 2.45. The van der Waals surface area contributed by atoms with Crippen molar-refractivity contribution >= 4 is 12.1 Å². The highest BCUT2D eigenvalue weighted by atomic mass is 17.3. The maximum absolute atomic E-state index is 12.0. The van der Waals surface area contributed by atoms with Crippen molar-refractivity contribution < 1.29 is 33.6 Å². The van der Waals surface area contributed by atoms with Crippen LogP contribution in [0.1, 0.15) is 26.3 Å². The van der Waals surface area contributed by atoms with Crippen LogP contribution in [0.4, 0.5) is 4.79 Å². The molecular formula is C16H18O7. The second-order valence-electron chi connectivity index (χ2n) is 5.53. The lowest BCUT2D eigenvalue weighted by Crippen LogP contribution is -2.54. The molecule has 1 aliphatic heterocycles. The van der Waals surface area contributed by atoms with Gasteiger partial charge in [0.1, 0.15) is 5.60 Å². The Morgan fingerprint density at radius 1 is 1.22 bits per heavy atom.